The van der Waals surface area contributed by atoms with E-state index in [2.05, 4.69) is 62.1 Å². The third-order valence-electron chi connectivity index (χ3n) is 5.47. The number of likely N-dealkylation sites (tertiary alicyclic amines) is 1. The average Bonchev–Trinajstić information content (AvgIpc) is 2.75. The Bertz CT molecular complexity index is 949. The summed E-state index contributed by atoms with van der Waals surface area (Å²) in [4.78, 5) is 30.4. The molecule has 0 bridgehead atoms. The molecule has 1 saturated heterocycles. The fourth-order valence-corrected chi connectivity index (χ4v) is 3.91. The van der Waals surface area contributed by atoms with Gasteiger partial charge < -0.3 is 9.88 Å². The Kier molecular flexibility index (Phi) is 5.58. The van der Waals surface area contributed by atoms with Crippen molar-refractivity contribution in [3.05, 3.63) is 76.6 Å². The van der Waals surface area contributed by atoms with Gasteiger partial charge in [0.25, 0.3) is 5.56 Å². The molecule has 0 saturated carbocycles. The summed E-state index contributed by atoms with van der Waals surface area (Å²) in [5.41, 5.74) is 2.70. The van der Waals surface area contributed by atoms with Crippen molar-refractivity contribution in [3.63, 3.8) is 0 Å². The summed E-state index contributed by atoms with van der Waals surface area (Å²) in [6.45, 7) is 5.39. The highest BCUT2D eigenvalue weighted by Crippen LogP contribution is 2.28. The number of piperidine rings is 1. The molecule has 4 rings (SSSR count). The zero-order chi connectivity index (χ0) is 19.3. The number of hydrogen-bond acceptors (Lipinski definition) is 5. The van der Waals surface area contributed by atoms with E-state index in [4.69, 9.17) is 0 Å². The predicted octanol–water partition coefficient (Wildman–Crippen LogP) is 3.21. The molecule has 1 aromatic carbocycles. The molecule has 0 spiro atoms. The van der Waals surface area contributed by atoms with Crippen molar-refractivity contribution in [2.45, 2.75) is 31.6 Å². The first-order chi connectivity index (χ1) is 13.7. The zero-order valence-corrected chi connectivity index (χ0v) is 16.1. The number of nitrogens with one attached hydrogen (secondary N) is 1. The van der Waals surface area contributed by atoms with E-state index in [0.29, 0.717) is 23.4 Å². The lowest BCUT2D eigenvalue weighted by Crippen LogP contribution is -2.36. The molecule has 144 valence electrons. The van der Waals surface area contributed by atoms with Gasteiger partial charge >= 0.3 is 0 Å². The summed E-state index contributed by atoms with van der Waals surface area (Å²) in [6.07, 6.45) is 6.86. The quantitative estimate of drug-likeness (QED) is 0.741. The molecule has 0 radical (unpaired) electrons. The lowest BCUT2D eigenvalue weighted by atomic mass is 9.92. The Morgan fingerprint density at radius 1 is 1.18 bits per heavy atom. The van der Waals surface area contributed by atoms with Crippen molar-refractivity contribution in [1.29, 1.82) is 0 Å². The van der Waals surface area contributed by atoms with Gasteiger partial charge in [0.1, 0.15) is 5.69 Å². The fourth-order valence-electron chi connectivity index (χ4n) is 3.91. The van der Waals surface area contributed by atoms with Gasteiger partial charge in [-0.15, -0.1) is 0 Å². The third-order valence-corrected chi connectivity index (χ3v) is 5.47. The average molecular weight is 375 g/mol. The van der Waals surface area contributed by atoms with Gasteiger partial charge in [-0.25, -0.2) is 9.97 Å². The molecule has 2 aromatic heterocycles. The molecule has 1 N–H and O–H groups in total. The summed E-state index contributed by atoms with van der Waals surface area (Å²) in [6, 6.07) is 12.3. The van der Waals surface area contributed by atoms with Crippen LogP contribution in [0.4, 0.5) is 0 Å². The van der Waals surface area contributed by atoms with Crippen LogP contribution in [0.15, 0.2) is 59.8 Å². The smallest absolute Gasteiger partial charge is 0.251 e. The van der Waals surface area contributed by atoms with Gasteiger partial charge in [0, 0.05) is 30.9 Å². The van der Waals surface area contributed by atoms with Crippen LogP contribution in [0.3, 0.4) is 0 Å². The van der Waals surface area contributed by atoms with Gasteiger partial charge in [-0.2, -0.15) is 0 Å². The number of rotatable bonds is 5. The molecule has 28 heavy (non-hydrogen) atoms. The number of aromatic amines is 1. The second-order valence-electron chi connectivity index (χ2n) is 7.50. The minimum absolute atomic E-state index is 0.134. The Morgan fingerprint density at radius 2 is 1.96 bits per heavy atom. The molecule has 1 unspecified atom stereocenters. The molecular weight excluding hydrogens is 350 g/mol. The maximum absolute atomic E-state index is 12.1. The standard InChI is InChI=1S/C22H25N5O/c1-16(17-5-3-2-4-6-17)15-27-11-7-18(8-12-27)19-13-21(28)26-22(25-19)20-14-23-9-10-24-20/h2-6,9-10,13-14,16,18H,7-8,11-12,15H2,1H3,(H,25,26,28). The summed E-state index contributed by atoms with van der Waals surface area (Å²) in [7, 11) is 0. The highest BCUT2D eigenvalue weighted by atomic mass is 16.1. The largest absolute Gasteiger partial charge is 0.305 e. The van der Waals surface area contributed by atoms with Crippen LogP contribution in [0, 0.1) is 0 Å². The van der Waals surface area contributed by atoms with E-state index in [1.54, 1.807) is 24.7 Å². The van der Waals surface area contributed by atoms with Crippen LogP contribution in [-0.2, 0) is 0 Å². The van der Waals surface area contributed by atoms with Crippen molar-refractivity contribution < 1.29 is 0 Å². The number of H-pyrrole nitrogens is 1. The SMILES string of the molecule is CC(CN1CCC(c2cc(=O)[nH]c(-c3cnccn3)n2)CC1)c1ccccc1. The van der Waals surface area contributed by atoms with Crippen LogP contribution >= 0.6 is 0 Å². The van der Waals surface area contributed by atoms with E-state index >= 15 is 0 Å². The monoisotopic (exact) mass is 375 g/mol. The first-order valence-corrected chi connectivity index (χ1v) is 9.84. The van der Waals surface area contributed by atoms with Crippen molar-refractivity contribution >= 4 is 0 Å². The van der Waals surface area contributed by atoms with Gasteiger partial charge in [-0.05, 0) is 37.4 Å². The molecule has 0 amide bonds. The Labute approximate surface area is 164 Å². The van der Waals surface area contributed by atoms with Gasteiger partial charge in [-0.1, -0.05) is 37.3 Å². The van der Waals surface area contributed by atoms with Gasteiger partial charge in [0.2, 0.25) is 0 Å². The Morgan fingerprint density at radius 3 is 2.68 bits per heavy atom. The van der Waals surface area contributed by atoms with E-state index < -0.39 is 0 Å². The first-order valence-electron chi connectivity index (χ1n) is 9.84. The first kappa shape index (κ1) is 18.5. The molecule has 1 atom stereocenters. The van der Waals surface area contributed by atoms with Crippen molar-refractivity contribution in [3.8, 4) is 11.5 Å². The van der Waals surface area contributed by atoms with Gasteiger partial charge in [0.05, 0.1) is 11.9 Å². The Balaban J connectivity index is 1.41. The minimum atomic E-state index is -0.134. The van der Waals surface area contributed by atoms with Gasteiger partial charge in [0.15, 0.2) is 5.82 Å². The Hall–Kier alpha value is -2.86. The third kappa shape index (κ3) is 4.34. The van der Waals surface area contributed by atoms with E-state index in [1.165, 1.54) is 5.56 Å². The van der Waals surface area contributed by atoms with E-state index in [1.807, 2.05) is 0 Å². The molecule has 6 heteroatoms. The predicted molar refractivity (Wildman–Crippen MR) is 109 cm³/mol. The van der Waals surface area contributed by atoms with E-state index in [9.17, 15) is 4.79 Å². The molecule has 6 nitrogen and oxygen atoms in total. The fraction of sp³-hybridized carbons (Fsp3) is 0.364. The van der Waals surface area contributed by atoms with E-state index in [0.717, 1.165) is 38.2 Å². The van der Waals surface area contributed by atoms with Crippen LogP contribution < -0.4 is 5.56 Å². The summed E-state index contributed by atoms with van der Waals surface area (Å²) >= 11 is 0. The molecular formula is C22H25N5O. The van der Waals surface area contributed by atoms with Crippen LogP contribution in [0.25, 0.3) is 11.5 Å². The van der Waals surface area contributed by atoms with Crippen molar-refractivity contribution in [2.24, 2.45) is 0 Å². The minimum Gasteiger partial charge on any atom is -0.305 e. The van der Waals surface area contributed by atoms with Crippen LogP contribution in [0.5, 0.6) is 0 Å². The van der Waals surface area contributed by atoms with E-state index in [-0.39, 0.29) is 5.56 Å². The number of hydrogen-bond donors (Lipinski definition) is 1. The van der Waals surface area contributed by atoms with Crippen molar-refractivity contribution in [1.82, 2.24) is 24.8 Å². The summed E-state index contributed by atoms with van der Waals surface area (Å²) < 4.78 is 0. The molecule has 1 aliphatic rings. The topological polar surface area (TPSA) is 74.8 Å². The second kappa shape index (κ2) is 8.44. The molecule has 1 aliphatic heterocycles. The molecule has 3 aromatic rings. The molecule has 0 aliphatic carbocycles. The highest BCUT2D eigenvalue weighted by Gasteiger charge is 2.24. The maximum Gasteiger partial charge on any atom is 0.251 e. The number of benzene rings is 1. The van der Waals surface area contributed by atoms with Gasteiger partial charge in [-0.3, -0.25) is 9.78 Å². The normalized spacial score (nSPS) is 16.8. The molecule has 3 heterocycles. The second-order valence-corrected chi connectivity index (χ2v) is 7.50. The van der Waals surface area contributed by atoms with Crippen LogP contribution in [-0.4, -0.2) is 44.5 Å². The zero-order valence-electron chi connectivity index (χ0n) is 16.1. The number of aromatic nitrogens is 4. The highest BCUT2D eigenvalue weighted by molar-refractivity contribution is 5.46. The number of nitrogens with zero attached hydrogens (tertiary/aromatic N) is 4. The van der Waals surface area contributed by atoms with Crippen molar-refractivity contribution in [2.75, 3.05) is 19.6 Å². The lowest BCUT2D eigenvalue weighted by molar-refractivity contribution is 0.202. The van der Waals surface area contributed by atoms with Crippen LogP contribution in [0.1, 0.15) is 42.9 Å². The lowest BCUT2D eigenvalue weighted by Gasteiger charge is -2.33. The summed E-state index contributed by atoms with van der Waals surface area (Å²) in [5.74, 6) is 1.32. The van der Waals surface area contributed by atoms with Crippen LogP contribution in [0.2, 0.25) is 0 Å². The maximum atomic E-state index is 12.1. The summed E-state index contributed by atoms with van der Waals surface area (Å²) in [5, 5.41) is 0. The molecule has 1 fully saturated rings.